The highest BCUT2D eigenvalue weighted by Gasteiger charge is 2.36. The summed E-state index contributed by atoms with van der Waals surface area (Å²) in [6.07, 6.45) is 9.32. The number of nitrogens with one attached hydrogen (secondary N) is 2. The van der Waals surface area contributed by atoms with Crippen molar-refractivity contribution in [2.24, 2.45) is 5.92 Å². The molecule has 0 spiro atoms. The maximum Gasteiger partial charge on any atom is 0.289 e. The van der Waals surface area contributed by atoms with Gasteiger partial charge in [-0.2, -0.15) is 4.98 Å². The van der Waals surface area contributed by atoms with E-state index in [1.165, 1.54) is 7.05 Å². The molecule has 3 heterocycles. The minimum absolute atomic E-state index is 0.123. The third kappa shape index (κ3) is 5.59. The summed E-state index contributed by atoms with van der Waals surface area (Å²) < 4.78 is 5.53. The van der Waals surface area contributed by atoms with Crippen molar-refractivity contribution in [1.29, 1.82) is 0 Å². The number of piperazine rings is 1. The molecule has 0 aromatic carbocycles. The van der Waals surface area contributed by atoms with Gasteiger partial charge in [0.25, 0.3) is 11.8 Å². The fourth-order valence-electron chi connectivity index (χ4n) is 4.44. The largest absolute Gasteiger partial charge is 0.478 e. The summed E-state index contributed by atoms with van der Waals surface area (Å²) in [4.78, 5) is 39.9. The first-order chi connectivity index (χ1) is 16.9. The van der Waals surface area contributed by atoms with Gasteiger partial charge in [0.2, 0.25) is 5.95 Å². The van der Waals surface area contributed by atoms with E-state index in [9.17, 15) is 9.59 Å². The van der Waals surface area contributed by atoms with Crippen molar-refractivity contribution in [3.05, 3.63) is 47.0 Å². The van der Waals surface area contributed by atoms with Crippen LogP contribution in [0.3, 0.4) is 0 Å². The first-order valence-electron chi connectivity index (χ1n) is 12.0. The lowest BCUT2D eigenvalue weighted by Gasteiger charge is -2.38. The van der Waals surface area contributed by atoms with Crippen LogP contribution in [0.2, 0.25) is 5.02 Å². The van der Waals surface area contributed by atoms with E-state index in [0.29, 0.717) is 23.3 Å². The molecule has 3 aliphatic rings. The second-order valence-corrected chi connectivity index (χ2v) is 8.95. The second-order valence-electron chi connectivity index (χ2n) is 8.55. The Balaban J connectivity index is 1.51. The van der Waals surface area contributed by atoms with Crippen molar-refractivity contribution in [3.63, 3.8) is 0 Å². The Hall–Kier alpha value is -3.11. The van der Waals surface area contributed by atoms with Crippen LogP contribution in [0.25, 0.3) is 0 Å². The van der Waals surface area contributed by atoms with Gasteiger partial charge in [0.05, 0.1) is 12.2 Å². The van der Waals surface area contributed by atoms with Crippen LogP contribution in [0, 0.1) is 5.92 Å². The van der Waals surface area contributed by atoms with Gasteiger partial charge in [-0.25, -0.2) is 4.98 Å². The average molecular weight is 502 g/mol. The molecule has 188 valence electrons. The van der Waals surface area contributed by atoms with Gasteiger partial charge >= 0.3 is 0 Å². The van der Waals surface area contributed by atoms with Crippen LogP contribution in [0.15, 0.2) is 42.0 Å². The second kappa shape index (κ2) is 11.1. The minimum Gasteiger partial charge on any atom is -0.478 e. The van der Waals surface area contributed by atoms with Gasteiger partial charge in [-0.15, -0.1) is 0 Å². The van der Waals surface area contributed by atoms with Crippen molar-refractivity contribution < 1.29 is 14.3 Å². The summed E-state index contributed by atoms with van der Waals surface area (Å²) in [5, 5.41) is 6.24. The maximum atomic E-state index is 12.8. The molecule has 0 radical (unpaired) electrons. The first-order valence-corrected chi connectivity index (χ1v) is 12.3. The zero-order valence-electron chi connectivity index (χ0n) is 20.3. The molecule has 2 N–H and O–H groups in total. The van der Waals surface area contributed by atoms with Gasteiger partial charge < -0.3 is 30.1 Å². The SMILES string of the molecule is CCN1CCN(c2ncc(Cl)c(NC3=CC4C=C(OCC(=O)NC)C(=O)N(CC)C4C=C3)n2)CC1. The van der Waals surface area contributed by atoms with Crippen LogP contribution in [-0.4, -0.2) is 90.5 Å². The van der Waals surface area contributed by atoms with Gasteiger partial charge in [0.1, 0.15) is 5.02 Å². The molecule has 35 heavy (non-hydrogen) atoms. The Kier molecular flexibility index (Phi) is 7.92. The zero-order chi connectivity index (χ0) is 24.9. The number of carbonyl (C=O) groups excluding carboxylic acids is 2. The Morgan fingerprint density at radius 2 is 1.97 bits per heavy atom. The predicted molar refractivity (Wildman–Crippen MR) is 135 cm³/mol. The summed E-state index contributed by atoms with van der Waals surface area (Å²) in [6.45, 7) is 9.13. The summed E-state index contributed by atoms with van der Waals surface area (Å²) in [6, 6.07) is -0.128. The van der Waals surface area contributed by atoms with Crippen molar-refractivity contribution in [1.82, 2.24) is 25.1 Å². The quantitative estimate of drug-likeness (QED) is 0.554. The molecule has 0 bridgehead atoms. The number of carbonyl (C=O) groups is 2. The van der Waals surface area contributed by atoms with Crippen molar-refractivity contribution in [3.8, 4) is 0 Å². The third-order valence-corrected chi connectivity index (χ3v) is 6.77. The summed E-state index contributed by atoms with van der Waals surface area (Å²) in [5.74, 6) is 0.715. The third-order valence-electron chi connectivity index (χ3n) is 6.49. The zero-order valence-corrected chi connectivity index (χ0v) is 21.1. The summed E-state index contributed by atoms with van der Waals surface area (Å²) >= 11 is 6.42. The highest BCUT2D eigenvalue weighted by atomic mass is 35.5. The molecule has 11 heteroatoms. The van der Waals surface area contributed by atoms with Gasteiger partial charge in [-0.05, 0) is 25.6 Å². The number of hydrogen-bond acceptors (Lipinski definition) is 8. The van der Waals surface area contributed by atoms with Gasteiger partial charge in [0.15, 0.2) is 18.2 Å². The Labute approximate surface area is 210 Å². The number of anilines is 2. The van der Waals surface area contributed by atoms with Crippen LogP contribution in [0.5, 0.6) is 0 Å². The van der Waals surface area contributed by atoms with E-state index in [1.807, 2.05) is 25.2 Å². The average Bonchev–Trinajstić information content (AvgIpc) is 2.88. The number of halogens is 1. The molecule has 1 aromatic rings. The van der Waals surface area contributed by atoms with Gasteiger partial charge in [0, 0.05) is 51.4 Å². The highest BCUT2D eigenvalue weighted by molar-refractivity contribution is 6.32. The van der Waals surface area contributed by atoms with E-state index in [-0.39, 0.29) is 36.1 Å². The molecule has 2 unspecified atom stereocenters. The van der Waals surface area contributed by atoms with E-state index in [2.05, 4.69) is 32.3 Å². The summed E-state index contributed by atoms with van der Waals surface area (Å²) in [7, 11) is 1.53. The number of likely N-dealkylation sites (N-methyl/N-ethyl adjacent to an activating group) is 3. The van der Waals surface area contributed by atoms with Crippen molar-refractivity contribution in [2.75, 3.05) is 63.1 Å². The molecular formula is C24H32ClN7O3. The van der Waals surface area contributed by atoms with Crippen LogP contribution in [0.1, 0.15) is 13.8 Å². The summed E-state index contributed by atoms with van der Waals surface area (Å²) in [5.41, 5.74) is 0.806. The predicted octanol–water partition coefficient (Wildman–Crippen LogP) is 1.63. The van der Waals surface area contributed by atoms with E-state index < -0.39 is 0 Å². The Bertz CT molecular complexity index is 1050. The number of ether oxygens (including phenoxy) is 1. The lowest BCUT2D eigenvalue weighted by Crippen LogP contribution is -2.48. The fourth-order valence-corrected chi connectivity index (χ4v) is 4.57. The molecule has 1 fully saturated rings. The molecule has 1 aromatic heterocycles. The van der Waals surface area contributed by atoms with E-state index in [1.54, 1.807) is 17.2 Å². The Morgan fingerprint density at radius 3 is 2.66 bits per heavy atom. The molecule has 0 saturated carbocycles. The van der Waals surface area contributed by atoms with E-state index in [4.69, 9.17) is 21.3 Å². The fraction of sp³-hybridized carbons (Fsp3) is 0.500. The van der Waals surface area contributed by atoms with Crippen molar-refractivity contribution >= 4 is 35.2 Å². The monoisotopic (exact) mass is 501 g/mol. The maximum absolute atomic E-state index is 12.8. The van der Waals surface area contributed by atoms with E-state index in [0.717, 1.165) is 38.4 Å². The standard InChI is InChI=1S/C24H32ClN7O3/c1-4-30-8-10-31(11-9-30)24-27-14-18(25)22(29-24)28-17-6-7-19-16(12-17)13-20(23(34)32(19)5-2)35-15-21(33)26-3/h6-7,12-14,16,19H,4-5,8-11,15H2,1-3H3,(H,26,33)(H,27,28,29). The normalized spacial score (nSPS) is 22.3. The molecule has 2 atom stereocenters. The van der Waals surface area contributed by atoms with Crippen LogP contribution in [0.4, 0.5) is 11.8 Å². The molecule has 1 aliphatic carbocycles. The van der Waals surface area contributed by atoms with Crippen LogP contribution >= 0.6 is 11.6 Å². The minimum atomic E-state index is -0.296. The molecule has 10 nitrogen and oxygen atoms in total. The number of hydrogen-bond donors (Lipinski definition) is 2. The number of allylic oxidation sites excluding steroid dienone is 1. The lowest BCUT2D eigenvalue weighted by molar-refractivity contribution is -0.135. The van der Waals surface area contributed by atoms with Crippen molar-refractivity contribution in [2.45, 2.75) is 19.9 Å². The molecule has 2 amide bonds. The number of nitrogens with zero attached hydrogens (tertiary/aromatic N) is 5. The number of amides is 2. The van der Waals surface area contributed by atoms with Gasteiger partial charge in [-0.1, -0.05) is 30.7 Å². The smallest absolute Gasteiger partial charge is 0.289 e. The number of fused-ring (bicyclic) bond motifs is 1. The number of aromatic nitrogens is 2. The molecular weight excluding hydrogens is 470 g/mol. The van der Waals surface area contributed by atoms with Gasteiger partial charge in [-0.3, -0.25) is 9.59 Å². The topological polar surface area (TPSA) is 103 Å². The molecule has 1 saturated heterocycles. The molecule has 2 aliphatic heterocycles. The molecule has 4 rings (SSSR count). The van der Waals surface area contributed by atoms with Crippen LogP contribution < -0.4 is 15.5 Å². The number of rotatable bonds is 8. The lowest BCUT2D eigenvalue weighted by atomic mass is 9.88. The Morgan fingerprint density at radius 1 is 1.20 bits per heavy atom. The van der Waals surface area contributed by atoms with E-state index >= 15 is 0 Å². The van der Waals surface area contributed by atoms with Crippen LogP contribution in [-0.2, 0) is 14.3 Å². The first kappa shape index (κ1) is 25.0. The highest BCUT2D eigenvalue weighted by Crippen LogP contribution is 2.31.